The van der Waals surface area contributed by atoms with Gasteiger partial charge in [-0.15, -0.1) is 0 Å². The second kappa shape index (κ2) is 6.03. The topological polar surface area (TPSA) is 68.3 Å². The largest absolute Gasteiger partial charge is 0.497 e. The molecule has 7 heteroatoms. The molecule has 1 aromatic carbocycles. The first-order chi connectivity index (χ1) is 9.08. The summed E-state index contributed by atoms with van der Waals surface area (Å²) in [6.45, 7) is 1.43. The Hall–Kier alpha value is -1.60. The van der Waals surface area contributed by atoms with Crippen LogP contribution in [-0.4, -0.2) is 28.9 Å². The average molecular weight is 296 g/mol. The third kappa shape index (κ3) is 3.68. The van der Waals surface area contributed by atoms with Gasteiger partial charge < -0.3 is 10.1 Å². The Morgan fingerprint density at radius 1 is 1.47 bits per heavy atom. The van der Waals surface area contributed by atoms with Crippen LogP contribution in [0.15, 0.2) is 18.2 Å². The Bertz CT molecular complexity index is 624. The maximum atomic E-state index is 11.6. The van der Waals surface area contributed by atoms with Crippen LogP contribution in [-0.2, 0) is 9.59 Å². The van der Waals surface area contributed by atoms with Crippen LogP contribution >= 0.6 is 23.1 Å². The van der Waals surface area contributed by atoms with Gasteiger partial charge in [0.05, 0.1) is 23.1 Å². The van der Waals surface area contributed by atoms with Crippen molar-refractivity contribution in [2.24, 2.45) is 0 Å². The molecule has 0 saturated carbocycles. The minimum Gasteiger partial charge on any atom is -0.497 e. The Labute approximate surface area is 118 Å². The summed E-state index contributed by atoms with van der Waals surface area (Å²) in [6, 6.07) is 5.52. The summed E-state index contributed by atoms with van der Waals surface area (Å²) in [5.41, 5.74) is 0.806. The van der Waals surface area contributed by atoms with Crippen molar-refractivity contribution in [2.45, 2.75) is 6.92 Å². The molecular weight excluding hydrogens is 284 g/mol. The molecule has 0 aliphatic heterocycles. The fourth-order valence-corrected chi connectivity index (χ4v) is 2.72. The van der Waals surface area contributed by atoms with Crippen LogP contribution in [0.1, 0.15) is 6.92 Å². The molecule has 19 heavy (non-hydrogen) atoms. The summed E-state index contributed by atoms with van der Waals surface area (Å²) in [5, 5.41) is 3.12. The molecule has 1 heterocycles. The van der Waals surface area contributed by atoms with E-state index in [0.717, 1.165) is 27.7 Å². The van der Waals surface area contributed by atoms with Crippen LogP contribution in [0.25, 0.3) is 10.2 Å². The van der Waals surface area contributed by atoms with Crippen LogP contribution in [0.4, 0.5) is 5.13 Å². The number of aromatic nitrogens is 1. The average Bonchev–Trinajstić information content (AvgIpc) is 2.77. The van der Waals surface area contributed by atoms with Crippen LogP contribution < -0.4 is 10.1 Å². The van der Waals surface area contributed by atoms with Crippen molar-refractivity contribution >= 4 is 49.5 Å². The van der Waals surface area contributed by atoms with Crippen molar-refractivity contribution in [2.75, 3.05) is 18.2 Å². The Morgan fingerprint density at radius 3 is 2.95 bits per heavy atom. The van der Waals surface area contributed by atoms with E-state index in [1.54, 1.807) is 7.11 Å². The number of carbonyl (C=O) groups is 2. The van der Waals surface area contributed by atoms with Crippen LogP contribution in [0.2, 0.25) is 0 Å². The SMILES string of the molecule is COc1ccc2nc(NC(=O)CSC(C)=O)sc2c1. The quantitative estimate of drug-likeness (QED) is 0.939. The zero-order valence-electron chi connectivity index (χ0n) is 10.4. The first-order valence-electron chi connectivity index (χ1n) is 5.46. The smallest absolute Gasteiger partial charge is 0.236 e. The lowest BCUT2D eigenvalue weighted by atomic mass is 10.3. The normalized spacial score (nSPS) is 10.4. The van der Waals surface area contributed by atoms with E-state index >= 15 is 0 Å². The fraction of sp³-hybridized carbons (Fsp3) is 0.250. The number of thioether (sulfide) groups is 1. The molecule has 1 N–H and O–H groups in total. The number of benzene rings is 1. The molecule has 0 atom stereocenters. The van der Waals surface area contributed by atoms with Gasteiger partial charge in [-0.05, 0) is 18.2 Å². The number of hydrogen-bond donors (Lipinski definition) is 1. The Kier molecular flexibility index (Phi) is 4.39. The van der Waals surface area contributed by atoms with Gasteiger partial charge >= 0.3 is 0 Å². The van der Waals surface area contributed by atoms with Crippen LogP contribution in [0.5, 0.6) is 5.75 Å². The van der Waals surface area contributed by atoms with Gasteiger partial charge in [-0.3, -0.25) is 9.59 Å². The second-order valence-corrected chi connectivity index (χ2v) is 5.86. The number of amides is 1. The maximum absolute atomic E-state index is 11.6. The van der Waals surface area contributed by atoms with Crippen molar-refractivity contribution in [3.8, 4) is 5.75 Å². The van der Waals surface area contributed by atoms with Crippen molar-refractivity contribution in [3.63, 3.8) is 0 Å². The molecule has 0 aliphatic rings. The summed E-state index contributed by atoms with van der Waals surface area (Å²) in [5.74, 6) is 0.626. The monoisotopic (exact) mass is 296 g/mol. The number of hydrogen-bond acceptors (Lipinski definition) is 6. The van der Waals surface area contributed by atoms with Gasteiger partial charge in [-0.25, -0.2) is 4.98 Å². The minimum atomic E-state index is -0.230. The van der Waals surface area contributed by atoms with Gasteiger partial charge in [0.15, 0.2) is 10.2 Å². The van der Waals surface area contributed by atoms with Gasteiger partial charge in [0.2, 0.25) is 5.91 Å². The molecule has 0 fully saturated rings. The third-order valence-electron chi connectivity index (χ3n) is 2.25. The third-order valence-corrected chi connectivity index (χ3v) is 4.00. The second-order valence-electron chi connectivity index (χ2n) is 3.68. The number of rotatable bonds is 4. The summed E-state index contributed by atoms with van der Waals surface area (Å²) < 4.78 is 6.07. The molecule has 0 bridgehead atoms. The number of ether oxygens (including phenoxy) is 1. The number of methoxy groups -OCH3 is 1. The first kappa shape index (κ1) is 13.8. The summed E-state index contributed by atoms with van der Waals surface area (Å²) in [4.78, 5) is 26.6. The lowest BCUT2D eigenvalue weighted by Gasteiger charge is -1.98. The zero-order chi connectivity index (χ0) is 13.8. The highest BCUT2D eigenvalue weighted by molar-refractivity contribution is 8.14. The van der Waals surface area contributed by atoms with E-state index in [4.69, 9.17) is 4.74 Å². The van der Waals surface area contributed by atoms with E-state index in [-0.39, 0.29) is 16.8 Å². The standard InChI is InChI=1S/C12H12N2O3S2/c1-7(15)18-6-11(16)14-12-13-9-4-3-8(17-2)5-10(9)19-12/h3-5H,6H2,1-2H3,(H,13,14,16). The molecule has 0 unspecified atom stereocenters. The number of nitrogens with zero attached hydrogens (tertiary/aromatic N) is 1. The summed E-state index contributed by atoms with van der Waals surface area (Å²) >= 11 is 2.35. The zero-order valence-corrected chi connectivity index (χ0v) is 12.1. The van der Waals surface area contributed by atoms with E-state index in [0.29, 0.717) is 5.13 Å². The van der Waals surface area contributed by atoms with Gasteiger partial charge in [0.25, 0.3) is 0 Å². The number of fused-ring (bicyclic) bond motifs is 1. The van der Waals surface area contributed by atoms with Crippen molar-refractivity contribution in [1.82, 2.24) is 4.98 Å². The molecule has 2 rings (SSSR count). The molecule has 0 saturated heterocycles. The lowest BCUT2D eigenvalue weighted by molar-refractivity contribution is -0.114. The molecule has 5 nitrogen and oxygen atoms in total. The highest BCUT2D eigenvalue weighted by Gasteiger charge is 2.09. The van der Waals surface area contributed by atoms with E-state index in [2.05, 4.69) is 10.3 Å². The predicted molar refractivity (Wildman–Crippen MR) is 77.9 cm³/mol. The molecule has 100 valence electrons. The Balaban J connectivity index is 2.08. The highest BCUT2D eigenvalue weighted by atomic mass is 32.2. The molecule has 0 aliphatic carbocycles. The summed E-state index contributed by atoms with van der Waals surface area (Å²) in [6.07, 6.45) is 0. The number of thiazole rings is 1. The number of anilines is 1. The first-order valence-corrected chi connectivity index (χ1v) is 7.26. The molecule has 0 spiro atoms. The van der Waals surface area contributed by atoms with Crippen molar-refractivity contribution in [1.29, 1.82) is 0 Å². The van der Waals surface area contributed by atoms with E-state index in [1.165, 1.54) is 18.3 Å². The highest BCUT2D eigenvalue weighted by Crippen LogP contribution is 2.29. The van der Waals surface area contributed by atoms with Crippen molar-refractivity contribution < 1.29 is 14.3 Å². The summed E-state index contributed by atoms with van der Waals surface area (Å²) in [7, 11) is 1.60. The molecule has 2 aromatic rings. The fourth-order valence-electron chi connectivity index (χ4n) is 1.41. The molecular formula is C12H12N2O3S2. The molecule has 0 radical (unpaired) electrons. The van der Waals surface area contributed by atoms with Gasteiger partial charge in [-0.1, -0.05) is 23.1 Å². The van der Waals surface area contributed by atoms with E-state index in [1.807, 2.05) is 18.2 Å². The van der Waals surface area contributed by atoms with Gasteiger partial charge in [0, 0.05) is 6.92 Å². The van der Waals surface area contributed by atoms with Gasteiger partial charge in [-0.2, -0.15) is 0 Å². The van der Waals surface area contributed by atoms with E-state index in [9.17, 15) is 9.59 Å². The minimum absolute atomic E-state index is 0.0795. The van der Waals surface area contributed by atoms with Gasteiger partial charge in [0.1, 0.15) is 5.75 Å². The maximum Gasteiger partial charge on any atom is 0.236 e. The number of carbonyl (C=O) groups excluding carboxylic acids is 2. The van der Waals surface area contributed by atoms with E-state index < -0.39 is 0 Å². The van der Waals surface area contributed by atoms with Crippen molar-refractivity contribution in [3.05, 3.63) is 18.2 Å². The predicted octanol–water partition coefficient (Wildman–Crippen LogP) is 2.52. The molecule has 1 amide bonds. The lowest BCUT2D eigenvalue weighted by Crippen LogP contribution is -2.14. The Morgan fingerprint density at radius 2 is 2.26 bits per heavy atom. The molecule has 1 aromatic heterocycles. The van der Waals surface area contributed by atoms with Crippen LogP contribution in [0.3, 0.4) is 0 Å². The van der Waals surface area contributed by atoms with Crippen LogP contribution in [0, 0.1) is 0 Å². The number of nitrogens with one attached hydrogen (secondary N) is 1.